The van der Waals surface area contributed by atoms with Gasteiger partial charge in [-0.1, -0.05) is 21.9 Å². The van der Waals surface area contributed by atoms with E-state index < -0.39 is 18.0 Å². The Bertz CT molecular complexity index is 487. The van der Waals surface area contributed by atoms with Gasteiger partial charge in [0.1, 0.15) is 5.75 Å². The lowest BCUT2D eigenvalue weighted by Gasteiger charge is -2.07. The second-order valence-corrected chi connectivity index (χ2v) is 4.64. The van der Waals surface area contributed by atoms with Crippen LogP contribution in [0, 0.1) is 12.3 Å². The van der Waals surface area contributed by atoms with Gasteiger partial charge >= 0.3 is 11.9 Å². The smallest absolute Gasteiger partial charge is 0.311 e. The van der Waals surface area contributed by atoms with Gasteiger partial charge in [0.25, 0.3) is 0 Å². The maximum Gasteiger partial charge on any atom is 0.311 e. The molecule has 1 unspecified atom stereocenters. The Morgan fingerprint density at radius 1 is 1.26 bits per heavy atom. The zero-order valence-electron chi connectivity index (χ0n) is 10.4. The van der Waals surface area contributed by atoms with Crippen molar-refractivity contribution >= 4 is 27.9 Å². The van der Waals surface area contributed by atoms with Crippen LogP contribution in [0.15, 0.2) is 28.7 Å². The zero-order chi connectivity index (χ0) is 14.3. The molecule has 100 valence electrons. The molecule has 4 nitrogen and oxygen atoms in total. The van der Waals surface area contributed by atoms with Crippen molar-refractivity contribution in [2.75, 3.05) is 0 Å². The predicted molar refractivity (Wildman–Crippen MR) is 73.4 cm³/mol. The summed E-state index contributed by atoms with van der Waals surface area (Å²) < 4.78 is 10.8. The van der Waals surface area contributed by atoms with Crippen LogP contribution in [-0.4, -0.2) is 18.0 Å². The fraction of sp³-hybridized carbons (Fsp3) is 0.286. The fourth-order valence-corrected chi connectivity index (χ4v) is 1.44. The third kappa shape index (κ3) is 6.07. The summed E-state index contributed by atoms with van der Waals surface area (Å²) in [5, 5.41) is 0. The largest absolute Gasteiger partial charge is 0.449 e. The van der Waals surface area contributed by atoms with Crippen molar-refractivity contribution in [3.63, 3.8) is 0 Å². The molecule has 0 fully saturated rings. The highest BCUT2D eigenvalue weighted by molar-refractivity contribution is 9.10. The zero-order valence-corrected chi connectivity index (χ0v) is 12.0. The van der Waals surface area contributed by atoms with Crippen molar-refractivity contribution < 1.29 is 19.1 Å². The number of esters is 2. The molecule has 0 spiro atoms. The topological polar surface area (TPSA) is 52.6 Å². The molecule has 0 N–H and O–H groups in total. The minimum atomic E-state index is -0.588. The standard InChI is InChI=1S/C14H13BrO4/c1-3-10(2)18-13(16)8-9-14(17)19-12-6-4-11(15)5-7-12/h1,4-7,10H,8-9H2,2H3. The van der Waals surface area contributed by atoms with Gasteiger partial charge in [-0.05, 0) is 31.2 Å². The molecule has 5 heteroatoms. The van der Waals surface area contributed by atoms with Crippen LogP contribution < -0.4 is 4.74 Å². The van der Waals surface area contributed by atoms with E-state index in [4.69, 9.17) is 15.9 Å². The van der Waals surface area contributed by atoms with Gasteiger partial charge in [-0.3, -0.25) is 9.59 Å². The van der Waals surface area contributed by atoms with Gasteiger partial charge in [-0.2, -0.15) is 0 Å². The summed E-state index contributed by atoms with van der Waals surface area (Å²) in [4.78, 5) is 22.8. The molecule has 0 saturated carbocycles. The predicted octanol–water partition coefficient (Wildman–Crippen LogP) is 2.70. The molecular weight excluding hydrogens is 312 g/mol. The van der Waals surface area contributed by atoms with E-state index in [1.54, 1.807) is 31.2 Å². The average Bonchev–Trinajstić information content (AvgIpc) is 2.39. The number of carbonyl (C=O) groups excluding carboxylic acids is 2. The van der Waals surface area contributed by atoms with Crippen LogP contribution in [0.25, 0.3) is 0 Å². The first kappa shape index (κ1) is 15.3. The number of carbonyl (C=O) groups is 2. The summed E-state index contributed by atoms with van der Waals surface area (Å²) in [7, 11) is 0. The van der Waals surface area contributed by atoms with E-state index in [2.05, 4.69) is 21.9 Å². The Morgan fingerprint density at radius 3 is 2.42 bits per heavy atom. The Labute approximate surface area is 120 Å². The first-order valence-electron chi connectivity index (χ1n) is 5.63. The van der Waals surface area contributed by atoms with Gasteiger partial charge in [-0.15, -0.1) is 6.42 Å². The van der Waals surface area contributed by atoms with Crippen molar-refractivity contribution in [2.45, 2.75) is 25.9 Å². The number of hydrogen-bond donors (Lipinski definition) is 0. The third-order valence-electron chi connectivity index (χ3n) is 2.12. The molecule has 1 aromatic rings. The summed E-state index contributed by atoms with van der Waals surface area (Å²) in [6.45, 7) is 1.58. The van der Waals surface area contributed by atoms with Crippen molar-refractivity contribution in [3.8, 4) is 18.1 Å². The van der Waals surface area contributed by atoms with Crippen molar-refractivity contribution in [1.82, 2.24) is 0 Å². The molecule has 0 aliphatic heterocycles. The molecule has 0 heterocycles. The van der Waals surface area contributed by atoms with Crippen molar-refractivity contribution in [1.29, 1.82) is 0 Å². The lowest BCUT2D eigenvalue weighted by Crippen LogP contribution is -2.16. The Hall–Kier alpha value is -1.80. The number of halogens is 1. The summed E-state index contributed by atoms with van der Waals surface area (Å²) >= 11 is 3.27. The molecule has 0 saturated heterocycles. The summed E-state index contributed by atoms with van der Waals surface area (Å²) in [6.07, 6.45) is 4.38. The van der Waals surface area contributed by atoms with Gasteiger partial charge in [0, 0.05) is 4.47 Å². The third-order valence-corrected chi connectivity index (χ3v) is 2.65. The lowest BCUT2D eigenvalue weighted by molar-refractivity contribution is -0.148. The second-order valence-electron chi connectivity index (χ2n) is 3.73. The fourth-order valence-electron chi connectivity index (χ4n) is 1.18. The monoisotopic (exact) mass is 324 g/mol. The minimum absolute atomic E-state index is 0.0494. The quantitative estimate of drug-likeness (QED) is 0.474. The van der Waals surface area contributed by atoms with Gasteiger partial charge < -0.3 is 9.47 Å². The van der Waals surface area contributed by atoms with E-state index in [-0.39, 0.29) is 12.8 Å². The van der Waals surface area contributed by atoms with Crippen LogP contribution in [0.4, 0.5) is 0 Å². The van der Waals surface area contributed by atoms with E-state index in [9.17, 15) is 9.59 Å². The average molecular weight is 325 g/mol. The van der Waals surface area contributed by atoms with Gasteiger partial charge in [-0.25, -0.2) is 0 Å². The first-order chi connectivity index (χ1) is 9.01. The second kappa shape index (κ2) is 7.59. The molecule has 0 aliphatic carbocycles. The van der Waals surface area contributed by atoms with Gasteiger partial charge in [0.15, 0.2) is 6.10 Å². The van der Waals surface area contributed by atoms with Gasteiger partial charge in [0.2, 0.25) is 0 Å². The first-order valence-corrected chi connectivity index (χ1v) is 6.42. The summed E-state index contributed by atoms with van der Waals surface area (Å²) in [6, 6.07) is 6.82. The van der Waals surface area contributed by atoms with Crippen LogP contribution in [-0.2, 0) is 14.3 Å². The Kier molecular flexibility index (Phi) is 6.10. The van der Waals surface area contributed by atoms with E-state index >= 15 is 0 Å². The van der Waals surface area contributed by atoms with Crippen molar-refractivity contribution in [3.05, 3.63) is 28.7 Å². The van der Waals surface area contributed by atoms with Crippen LogP contribution in [0.2, 0.25) is 0 Å². The van der Waals surface area contributed by atoms with Crippen LogP contribution in [0.1, 0.15) is 19.8 Å². The molecule has 0 bridgehead atoms. The number of benzene rings is 1. The molecular formula is C14H13BrO4. The molecule has 1 atom stereocenters. The number of rotatable bonds is 5. The summed E-state index contributed by atoms with van der Waals surface area (Å²) in [5.41, 5.74) is 0. The van der Waals surface area contributed by atoms with E-state index in [1.807, 2.05) is 0 Å². The molecule has 1 aromatic carbocycles. The van der Waals surface area contributed by atoms with Crippen LogP contribution >= 0.6 is 15.9 Å². The van der Waals surface area contributed by atoms with E-state index in [0.717, 1.165) is 4.47 Å². The molecule has 0 amide bonds. The minimum Gasteiger partial charge on any atom is -0.449 e. The van der Waals surface area contributed by atoms with E-state index in [0.29, 0.717) is 5.75 Å². The number of hydrogen-bond acceptors (Lipinski definition) is 4. The molecule has 0 aliphatic rings. The molecule has 19 heavy (non-hydrogen) atoms. The normalized spacial score (nSPS) is 11.2. The maximum absolute atomic E-state index is 11.5. The SMILES string of the molecule is C#CC(C)OC(=O)CCC(=O)Oc1ccc(Br)cc1. The molecule has 0 aromatic heterocycles. The highest BCUT2D eigenvalue weighted by atomic mass is 79.9. The van der Waals surface area contributed by atoms with Crippen LogP contribution in [0.3, 0.4) is 0 Å². The molecule has 0 radical (unpaired) electrons. The Balaban J connectivity index is 2.34. The highest BCUT2D eigenvalue weighted by Crippen LogP contribution is 2.16. The highest BCUT2D eigenvalue weighted by Gasteiger charge is 2.11. The van der Waals surface area contributed by atoms with Crippen LogP contribution in [0.5, 0.6) is 5.75 Å². The summed E-state index contributed by atoms with van der Waals surface area (Å²) in [5.74, 6) is 1.69. The van der Waals surface area contributed by atoms with Crippen molar-refractivity contribution in [2.24, 2.45) is 0 Å². The maximum atomic E-state index is 11.5. The lowest BCUT2D eigenvalue weighted by atomic mass is 10.3. The number of ether oxygens (including phenoxy) is 2. The van der Waals surface area contributed by atoms with Gasteiger partial charge in [0.05, 0.1) is 12.8 Å². The number of terminal acetylenes is 1. The van der Waals surface area contributed by atoms with E-state index in [1.165, 1.54) is 0 Å². The Morgan fingerprint density at radius 2 is 1.84 bits per heavy atom. The molecule has 1 rings (SSSR count).